The van der Waals surface area contributed by atoms with E-state index >= 15 is 0 Å². The second-order valence-electron chi connectivity index (χ2n) is 5.30. The van der Waals surface area contributed by atoms with E-state index in [4.69, 9.17) is 11.6 Å². The molecule has 6 nitrogen and oxygen atoms in total. The van der Waals surface area contributed by atoms with Crippen LogP contribution in [-0.2, 0) is 16.1 Å². The summed E-state index contributed by atoms with van der Waals surface area (Å²) in [6.45, 7) is 2.10. The number of rotatable bonds is 7. The molecule has 1 aromatic carbocycles. The van der Waals surface area contributed by atoms with Crippen LogP contribution in [-0.4, -0.2) is 28.0 Å². The molecule has 1 heterocycles. The van der Waals surface area contributed by atoms with Crippen molar-refractivity contribution in [2.24, 2.45) is 0 Å². The number of aromatic nitrogens is 1. The van der Waals surface area contributed by atoms with E-state index in [-0.39, 0.29) is 6.42 Å². The number of hydrogen-bond donors (Lipinski definition) is 3. The Morgan fingerprint density at radius 2 is 2.08 bits per heavy atom. The summed E-state index contributed by atoms with van der Waals surface area (Å²) < 4.78 is 0. The zero-order valence-electron chi connectivity index (χ0n) is 13.1. The molecular weight excluding hydrogens is 330 g/mol. The highest BCUT2D eigenvalue weighted by molar-refractivity contribution is 6.31. The molecule has 1 aromatic heterocycles. The molecule has 0 bridgehead atoms. The Morgan fingerprint density at radius 3 is 2.75 bits per heavy atom. The molecule has 126 valence electrons. The maximum atomic E-state index is 12.1. The van der Waals surface area contributed by atoms with Crippen LogP contribution in [0.15, 0.2) is 42.7 Å². The first-order valence-corrected chi connectivity index (χ1v) is 7.75. The molecule has 7 heteroatoms. The standard InChI is InChI=1S/C17H18ClN3O3/c1-11-13(18)5-2-6-14(11)21-16(22)8-15(17(23)24)20-10-12-4-3-7-19-9-12/h2-7,9,15,20H,8,10H2,1H3,(H,21,22)(H,23,24). The van der Waals surface area contributed by atoms with Gasteiger partial charge in [-0.2, -0.15) is 0 Å². The summed E-state index contributed by atoms with van der Waals surface area (Å²) in [5.41, 5.74) is 2.15. The third kappa shape index (κ3) is 5.04. The highest BCUT2D eigenvalue weighted by Gasteiger charge is 2.21. The van der Waals surface area contributed by atoms with Crippen molar-refractivity contribution in [2.45, 2.75) is 25.9 Å². The number of nitrogens with zero attached hydrogens (tertiary/aromatic N) is 1. The second-order valence-corrected chi connectivity index (χ2v) is 5.70. The third-order valence-corrected chi connectivity index (χ3v) is 3.91. The van der Waals surface area contributed by atoms with Crippen LogP contribution in [0, 0.1) is 6.92 Å². The van der Waals surface area contributed by atoms with Gasteiger partial charge >= 0.3 is 5.97 Å². The van der Waals surface area contributed by atoms with Gasteiger partial charge in [0.25, 0.3) is 0 Å². The molecule has 24 heavy (non-hydrogen) atoms. The monoisotopic (exact) mass is 347 g/mol. The Hall–Kier alpha value is -2.44. The number of carboxylic acid groups (broad SMARTS) is 1. The lowest BCUT2D eigenvalue weighted by molar-refractivity contribution is -0.141. The van der Waals surface area contributed by atoms with E-state index in [1.54, 1.807) is 43.6 Å². The summed E-state index contributed by atoms with van der Waals surface area (Å²) in [5, 5.41) is 15.4. The molecule has 2 rings (SSSR count). The number of aliphatic carboxylic acids is 1. The molecule has 1 amide bonds. The SMILES string of the molecule is Cc1c(Cl)cccc1NC(=O)CC(NCc1cccnc1)C(=O)O. The highest BCUT2D eigenvalue weighted by Crippen LogP contribution is 2.23. The third-order valence-electron chi connectivity index (χ3n) is 3.50. The first-order chi connectivity index (χ1) is 11.5. The van der Waals surface area contributed by atoms with Crippen LogP contribution in [0.5, 0.6) is 0 Å². The van der Waals surface area contributed by atoms with Crippen molar-refractivity contribution in [3.05, 3.63) is 58.9 Å². The largest absolute Gasteiger partial charge is 0.480 e. The topological polar surface area (TPSA) is 91.3 Å². The number of carboxylic acids is 1. The van der Waals surface area contributed by atoms with E-state index in [0.717, 1.165) is 11.1 Å². The Morgan fingerprint density at radius 1 is 1.29 bits per heavy atom. The van der Waals surface area contributed by atoms with Gasteiger partial charge in [-0.15, -0.1) is 0 Å². The molecule has 0 aliphatic heterocycles. The van der Waals surface area contributed by atoms with Crippen LogP contribution >= 0.6 is 11.6 Å². The van der Waals surface area contributed by atoms with Gasteiger partial charge in [0, 0.05) is 29.6 Å². The number of benzene rings is 1. The maximum Gasteiger partial charge on any atom is 0.321 e. The molecule has 0 spiro atoms. The summed E-state index contributed by atoms with van der Waals surface area (Å²) in [6, 6.07) is 7.76. The molecule has 0 radical (unpaired) electrons. The fraction of sp³-hybridized carbons (Fsp3) is 0.235. The van der Waals surface area contributed by atoms with Gasteiger partial charge < -0.3 is 10.4 Å². The predicted molar refractivity (Wildman–Crippen MR) is 91.9 cm³/mol. The number of halogens is 1. The number of carbonyl (C=O) groups is 2. The number of anilines is 1. The number of carbonyl (C=O) groups excluding carboxylic acids is 1. The van der Waals surface area contributed by atoms with Gasteiger partial charge in [-0.3, -0.25) is 19.9 Å². The van der Waals surface area contributed by atoms with E-state index in [1.807, 2.05) is 6.07 Å². The van der Waals surface area contributed by atoms with Gasteiger partial charge in [0.1, 0.15) is 6.04 Å². The highest BCUT2D eigenvalue weighted by atomic mass is 35.5. The Kier molecular flexibility index (Phi) is 6.28. The summed E-state index contributed by atoms with van der Waals surface area (Å²) >= 11 is 6.01. The molecule has 1 atom stereocenters. The summed E-state index contributed by atoms with van der Waals surface area (Å²) in [4.78, 5) is 27.4. The van der Waals surface area contributed by atoms with Crippen molar-refractivity contribution in [3.8, 4) is 0 Å². The number of pyridine rings is 1. The molecule has 0 fully saturated rings. The fourth-order valence-corrected chi connectivity index (χ4v) is 2.29. The summed E-state index contributed by atoms with van der Waals surface area (Å²) in [6.07, 6.45) is 3.09. The fourth-order valence-electron chi connectivity index (χ4n) is 2.12. The second kappa shape index (κ2) is 8.42. The van der Waals surface area contributed by atoms with E-state index < -0.39 is 17.9 Å². The van der Waals surface area contributed by atoms with Crippen LogP contribution in [0.3, 0.4) is 0 Å². The van der Waals surface area contributed by atoms with Crippen LogP contribution in [0.4, 0.5) is 5.69 Å². The number of nitrogens with one attached hydrogen (secondary N) is 2. The zero-order valence-corrected chi connectivity index (χ0v) is 13.9. The zero-order chi connectivity index (χ0) is 17.5. The molecule has 3 N–H and O–H groups in total. The Labute approximate surface area is 144 Å². The quantitative estimate of drug-likeness (QED) is 0.716. The average Bonchev–Trinajstić information content (AvgIpc) is 2.56. The maximum absolute atomic E-state index is 12.1. The number of amides is 1. The van der Waals surface area contributed by atoms with Crippen LogP contribution in [0.2, 0.25) is 5.02 Å². The molecule has 0 saturated carbocycles. The lowest BCUT2D eigenvalue weighted by atomic mass is 10.1. The van der Waals surface area contributed by atoms with Gasteiger partial charge in [-0.1, -0.05) is 23.7 Å². The molecular formula is C17H18ClN3O3. The first-order valence-electron chi connectivity index (χ1n) is 7.37. The normalized spacial score (nSPS) is 11.8. The van der Waals surface area contributed by atoms with Crippen LogP contribution in [0.1, 0.15) is 17.5 Å². The van der Waals surface area contributed by atoms with Crippen LogP contribution in [0.25, 0.3) is 0 Å². The van der Waals surface area contributed by atoms with Gasteiger partial charge in [0.05, 0.1) is 6.42 Å². The van der Waals surface area contributed by atoms with Gasteiger partial charge in [0.2, 0.25) is 5.91 Å². The number of hydrogen-bond acceptors (Lipinski definition) is 4. The molecule has 0 aliphatic rings. The lowest BCUT2D eigenvalue weighted by Crippen LogP contribution is -2.39. The minimum absolute atomic E-state index is 0.193. The van der Waals surface area contributed by atoms with Crippen molar-refractivity contribution in [2.75, 3.05) is 5.32 Å². The lowest BCUT2D eigenvalue weighted by Gasteiger charge is -2.15. The predicted octanol–water partition coefficient (Wildman–Crippen LogP) is 2.62. The van der Waals surface area contributed by atoms with Gasteiger partial charge in [0.15, 0.2) is 0 Å². The van der Waals surface area contributed by atoms with Crippen molar-refractivity contribution >= 4 is 29.2 Å². The van der Waals surface area contributed by atoms with Crippen molar-refractivity contribution in [1.29, 1.82) is 0 Å². The Bertz CT molecular complexity index is 722. The summed E-state index contributed by atoms with van der Waals surface area (Å²) in [5.74, 6) is -1.48. The Balaban J connectivity index is 1.95. The molecule has 0 saturated heterocycles. The van der Waals surface area contributed by atoms with Gasteiger partial charge in [-0.05, 0) is 36.2 Å². The minimum atomic E-state index is -1.09. The van der Waals surface area contributed by atoms with E-state index in [0.29, 0.717) is 17.3 Å². The molecule has 0 aliphatic carbocycles. The van der Waals surface area contributed by atoms with E-state index in [1.165, 1.54) is 0 Å². The molecule has 2 aromatic rings. The minimum Gasteiger partial charge on any atom is -0.480 e. The van der Waals surface area contributed by atoms with Crippen molar-refractivity contribution in [1.82, 2.24) is 10.3 Å². The van der Waals surface area contributed by atoms with Gasteiger partial charge in [-0.25, -0.2) is 0 Å². The van der Waals surface area contributed by atoms with Crippen molar-refractivity contribution < 1.29 is 14.7 Å². The summed E-state index contributed by atoms with van der Waals surface area (Å²) in [7, 11) is 0. The smallest absolute Gasteiger partial charge is 0.321 e. The van der Waals surface area contributed by atoms with Crippen molar-refractivity contribution in [3.63, 3.8) is 0 Å². The van der Waals surface area contributed by atoms with E-state index in [9.17, 15) is 14.7 Å². The average molecular weight is 348 g/mol. The molecule has 1 unspecified atom stereocenters. The van der Waals surface area contributed by atoms with Crippen LogP contribution < -0.4 is 10.6 Å². The van der Waals surface area contributed by atoms with E-state index in [2.05, 4.69) is 15.6 Å². The first kappa shape index (κ1) is 17.9.